The van der Waals surface area contributed by atoms with E-state index in [1.807, 2.05) is 0 Å². The van der Waals surface area contributed by atoms with Crippen molar-refractivity contribution in [2.24, 2.45) is 0 Å². The van der Waals surface area contributed by atoms with Crippen LogP contribution >= 0.6 is 23.1 Å². The number of thiazole rings is 1. The SMILES string of the molecule is Cc1nc(SC2CCOC3(CCC3)C2)sc1C(=O)O. The van der Waals surface area contributed by atoms with Gasteiger partial charge in [-0.15, -0.1) is 11.3 Å². The molecule has 1 saturated carbocycles. The first-order valence-corrected chi connectivity index (χ1v) is 8.29. The van der Waals surface area contributed by atoms with Crippen molar-refractivity contribution in [1.29, 1.82) is 0 Å². The number of rotatable bonds is 3. The van der Waals surface area contributed by atoms with E-state index in [2.05, 4.69) is 4.98 Å². The summed E-state index contributed by atoms with van der Waals surface area (Å²) in [5.74, 6) is -0.871. The van der Waals surface area contributed by atoms with Gasteiger partial charge in [0, 0.05) is 11.9 Å². The fourth-order valence-electron chi connectivity index (χ4n) is 2.77. The van der Waals surface area contributed by atoms with E-state index in [1.165, 1.54) is 30.6 Å². The molecular weight excluding hydrogens is 282 g/mol. The zero-order chi connectivity index (χ0) is 13.5. The summed E-state index contributed by atoms with van der Waals surface area (Å²) in [6.07, 6.45) is 5.76. The minimum Gasteiger partial charge on any atom is -0.477 e. The van der Waals surface area contributed by atoms with E-state index < -0.39 is 5.97 Å². The van der Waals surface area contributed by atoms with Crippen molar-refractivity contribution in [3.8, 4) is 0 Å². The maximum atomic E-state index is 11.0. The number of aromatic carboxylic acids is 1. The molecule has 1 N–H and O–H groups in total. The molecule has 1 unspecified atom stereocenters. The van der Waals surface area contributed by atoms with E-state index in [1.54, 1.807) is 18.7 Å². The fraction of sp³-hybridized carbons (Fsp3) is 0.692. The van der Waals surface area contributed by atoms with Crippen molar-refractivity contribution in [1.82, 2.24) is 4.98 Å². The first-order chi connectivity index (χ1) is 9.08. The summed E-state index contributed by atoms with van der Waals surface area (Å²) >= 11 is 3.03. The first kappa shape index (κ1) is 13.4. The van der Waals surface area contributed by atoms with Crippen LogP contribution < -0.4 is 0 Å². The Labute approximate surface area is 120 Å². The summed E-state index contributed by atoms with van der Waals surface area (Å²) in [6, 6.07) is 0. The van der Waals surface area contributed by atoms with Crippen molar-refractivity contribution < 1.29 is 14.6 Å². The van der Waals surface area contributed by atoms with E-state index in [0.29, 0.717) is 15.8 Å². The molecule has 1 saturated heterocycles. The Kier molecular flexibility index (Phi) is 3.57. The highest BCUT2D eigenvalue weighted by Gasteiger charge is 2.42. The minimum absolute atomic E-state index is 0.137. The Morgan fingerprint density at radius 1 is 1.58 bits per heavy atom. The molecule has 3 rings (SSSR count). The molecule has 2 heterocycles. The van der Waals surface area contributed by atoms with Crippen LogP contribution in [0.2, 0.25) is 0 Å². The fourth-order valence-corrected chi connectivity index (χ4v) is 5.33. The molecule has 104 valence electrons. The van der Waals surface area contributed by atoms with E-state index in [4.69, 9.17) is 9.84 Å². The molecule has 1 aromatic rings. The third-order valence-corrected chi connectivity index (χ3v) is 6.46. The van der Waals surface area contributed by atoms with Gasteiger partial charge in [0.15, 0.2) is 4.34 Å². The van der Waals surface area contributed by atoms with Crippen molar-refractivity contribution >= 4 is 29.1 Å². The monoisotopic (exact) mass is 299 g/mol. The standard InChI is InChI=1S/C13H17NO3S2/c1-8-10(11(15)16)19-12(14-8)18-9-3-6-17-13(7-9)4-2-5-13/h9H,2-7H2,1H3,(H,15,16). The summed E-state index contributed by atoms with van der Waals surface area (Å²) in [5, 5.41) is 9.57. The van der Waals surface area contributed by atoms with Gasteiger partial charge < -0.3 is 9.84 Å². The van der Waals surface area contributed by atoms with E-state index in [0.717, 1.165) is 23.8 Å². The largest absolute Gasteiger partial charge is 0.477 e. The molecule has 0 bridgehead atoms. The number of aromatic nitrogens is 1. The molecule has 4 nitrogen and oxygen atoms in total. The molecule has 0 amide bonds. The maximum Gasteiger partial charge on any atom is 0.347 e. The highest BCUT2D eigenvalue weighted by molar-refractivity contribution is 8.01. The lowest BCUT2D eigenvalue weighted by atomic mass is 9.75. The maximum absolute atomic E-state index is 11.0. The van der Waals surface area contributed by atoms with E-state index in [-0.39, 0.29) is 5.60 Å². The predicted molar refractivity (Wildman–Crippen MR) is 75.2 cm³/mol. The number of carboxylic acids is 1. The number of thioether (sulfide) groups is 1. The molecule has 0 aromatic carbocycles. The zero-order valence-corrected chi connectivity index (χ0v) is 12.5. The average molecular weight is 299 g/mol. The summed E-state index contributed by atoms with van der Waals surface area (Å²) in [7, 11) is 0. The van der Waals surface area contributed by atoms with Gasteiger partial charge in [-0.25, -0.2) is 9.78 Å². The van der Waals surface area contributed by atoms with Crippen molar-refractivity contribution in [3.05, 3.63) is 10.6 Å². The number of hydrogen-bond acceptors (Lipinski definition) is 5. The number of carbonyl (C=O) groups is 1. The van der Waals surface area contributed by atoms with Crippen LogP contribution in [0, 0.1) is 6.92 Å². The van der Waals surface area contributed by atoms with Crippen molar-refractivity contribution in [2.75, 3.05) is 6.61 Å². The van der Waals surface area contributed by atoms with Gasteiger partial charge >= 0.3 is 5.97 Å². The summed E-state index contributed by atoms with van der Waals surface area (Å²) in [5.41, 5.74) is 0.767. The quantitative estimate of drug-likeness (QED) is 0.927. The second-order valence-corrected chi connectivity index (χ2v) is 7.86. The minimum atomic E-state index is -0.871. The lowest BCUT2D eigenvalue weighted by Gasteiger charge is -2.46. The number of aryl methyl sites for hydroxylation is 1. The first-order valence-electron chi connectivity index (χ1n) is 6.59. The number of nitrogens with zero attached hydrogens (tertiary/aromatic N) is 1. The lowest BCUT2D eigenvalue weighted by Crippen LogP contribution is -2.46. The molecular formula is C13H17NO3S2. The summed E-state index contributed by atoms with van der Waals surface area (Å²) in [6.45, 7) is 2.59. The smallest absolute Gasteiger partial charge is 0.347 e. The lowest BCUT2D eigenvalue weighted by molar-refractivity contribution is -0.125. The molecule has 19 heavy (non-hydrogen) atoms. The molecule has 1 aromatic heterocycles. The van der Waals surface area contributed by atoms with Crippen LogP contribution in [0.5, 0.6) is 0 Å². The van der Waals surface area contributed by atoms with Crippen LogP contribution in [0.3, 0.4) is 0 Å². The van der Waals surface area contributed by atoms with E-state index >= 15 is 0 Å². The average Bonchev–Trinajstić information content (AvgIpc) is 2.69. The van der Waals surface area contributed by atoms with Crippen LogP contribution in [-0.2, 0) is 4.74 Å². The van der Waals surface area contributed by atoms with Crippen LogP contribution in [0.4, 0.5) is 0 Å². The molecule has 0 radical (unpaired) electrons. The molecule has 1 spiro atoms. The van der Waals surface area contributed by atoms with Crippen molar-refractivity contribution in [3.63, 3.8) is 0 Å². The Bertz CT molecular complexity index is 496. The topological polar surface area (TPSA) is 59.4 Å². The van der Waals surface area contributed by atoms with Gasteiger partial charge in [0.25, 0.3) is 0 Å². The molecule has 1 aliphatic carbocycles. The second kappa shape index (κ2) is 5.07. The molecule has 1 atom stereocenters. The Morgan fingerprint density at radius 2 is 2.37 bits per heavy atom. The normalized spacial score (nSPS) is 25.2. The van der Waals surface area contributed by atoms with Gasteiger partial charge in [0.1, 0.15) is 4.88 Å². The molecule has 2 fully saturated rings. The third kappa shape index (κ3) is 2.66. The third-order valence-electron chi connectivity index (χ3n) is 3.95. The number of hydrogen-bond donors (Lipinski definition) is 1. The highest BCUT2D eigenvalue weighted by Crippen LogP contribution is 2.46. The van der Waals surface area contributed by atoms with E-state index in [9.17, 15) is 4.79 Å². The van der Waals surface area contributed by atoms with Gasteiger partial charge in [-0.05, 0) is 39.0 Å². The molecule has 2 aliphatic rings. The second-order valence-electron chi connectivity index (χ2n) is 5.32. The summed E-state index contributed by atoms with van der Waals surface area (Å²) < 4.78 is 6.80. The van der Waals surface area contributed by atoms with Gasteiger partial charge in [-0.3, -0.25) is 0 Å². The number of carboxylic acid groups (broad SMARTS) is 1. The summed E-state index contributed by atoms with van der Waals surface area (Å²) in [4.78, 5) is 15.8. The Hall–Kier alpha value is -0.590. The van der Waals surface area contributed by atoms with Gasteiger partial charge in [-0.1, -0.05) is 11.8 Å². The van der Waals surface area contributed by atoms with Gasteiger partial charge in [0.2, 0.25) is 0 Å². The Morgan fingerprint density at radius 3 is 2.95 bits per heavy atom. The van der Waals surface area contributed by atoms with Crippen LogP contribution in [0.15, 0.2) is 4.34 Å². The van der Waals surface area contributed by atoms with Crippen molar-refractivity contribution in [2.45, 2.75) is 54.2 Å². The van der Waals surface area contributed by atoms with Gasteiger partial charge in [0.05, 0.1) is 11.3 Å². The van der Waals surface area contributed by atoms with Crippen LogP contribution in [0.1, 0.15) is 47.5 Å². The Balaban J connectivity index is 1.67. The van der Waals surface area contributed by atoms with Crippen LogP contribution in [-0.4, -0.2) is 33.5 Å². The number of ether oxygens (including phenoxy) is 1. The zero-order valence-electron chi connectivity index (χ0n) is 10.8. The highest BCUT2D eigenvalue weighted by atomic mass is 32.2. The van der Waals surface area contributed by atoms with Crippen LogP contribution in [0.25, 0.3) is 0 Å². The predicted octanol–water partition coefficient (Wildman–Crippen LogP) is 3.34. The molecule has 1 aliphatic heterocycles. The molecule has 6 heteroatoms. The van der Waals surface area contributed by atoms with Gasteiger partial charge in [-0.2, -0.15) is 0 Å².